The Bertz CT molecular complexity index is 1360. The minimum Gasteiger partial charge on any atom is -0.497 e. The third-order valence-corrected chi connectivity index (χ3v) is 6.54. The van der Waals surface area contributed by atoms with Crippen LogP contribution in [0.1, 0.15) is 35.6 Å². The highest BCUT2D eigenvalue weighted by Crippen LogP contribution is 2.43. The normalized spacial score (nSPS) is 17.9. The predicted molar refractivity (Wildman–Crippen MR) is 151 cm³/mol. The summed E-state index contributed by atoms with van der Waals surface area (Å²) in [5.74, 6) is -0.295. The summed E-state index contributed by atoms with van der Waals surface area (Å²) in [5.41, 5.74) is 5.91. The van der Waals surface area contributed by atoms with Gasteiger partial charge in [0.25, 0.3) is 5.91 Å². The molecule has 1 aliphatic heterocycles. The van der Waals surface area contributed by atoms with E-state index in [2.05, 4.69) is 17.4 Å². The first-order valence-corrected chi connectivity index (χ1v) is 13.2. The lowest BCUT2D eigenvalue weighted by atomic mass is 9.84. The van der Waals surface area contributed by atoms with Crippen LogP contribution in [0.3, 0.4) is 0 Å². The number of methoxy groups -OCH3 is 1. The smallest absolute Gasteiger partial charge is 0.266 e. The molecule has 41 heavy (non-hydrogen) atoms. The molecule has 0 saturated carbocycles. The summed E-state index contributed by atoms with van der Waals surface area (Å²) in [6.45, 7) is 4.50. The molecule has 0 fully saturated rings. The molecule has 8 nitrogen and oxygen atoms in total. The van der Waals surface area contributed by atoms with E-state index in [0.717, 1.165) is 6.07 Å². The van der Waals surface area contributed by atoms with Crippen molar-refractivity contribution in [3.8, 4) is 11.5 Å². The molecule has 0 aromatic heterocycles. The number of nitrogens with one attached hydrogen (secondary N) is 2. The summed E-state index contributed by atoms with van der Waals surface area (Å²) >= 11 is 0. The summed E-state index contributed by atoms with van der Waals surface area (Å²) in [5, 5.41) is 8.97. The number of nitrogens with zero attached hydrogens (tertiary/aromatic N) is 1. The maximum Gasteiger partial charge on any atom is 0.266 e. The van der Waals surface area contributed by atoms with Gasteiger partial charge in [-0.1, -0.05) is 18.2 Å². The van der Waals surface area contributed by atoms with Crippen LogP contribution in [0.25, 0.3) is 0 Å². The Hall–Kier alpha value is -4.28. The van der Waals surface area contributed by atoms with Crippen LogP contribution >= 0.6 is 0 Å². The molecule has 1 heterocycles. The first kappa shape index (κ1) is 29.7. The van der Waals surface area contributed by atoms with Crippen molar-refractivity contribution < 1.29 is 32.9 Å². The first-order valence-electron chi connectivity index (χ1n) is 13.2. The molecule has 2 atom stereocenters. The van der Waals surface area contributed by atoms with Crippen LogP contribution in [-0.2, 0) is 16.0 Å². The Morgan fingerprint density at radius 1 is 1.12 bits per heavy atom. The fourth-order valence-electron chi connectivity index (χ4n) is 4.55. The van der Waals surface area contributed by atoms with Gasteiger partial charge in [-0.15, -0.1) is 6.58 Å². The fraction of sp³-hybridized carbons (Fsp3) is 0.290. The number of hydrogen-bond acceptors (Lipinski definition) is 7. The Labute approximate surface area is 237 Å². The molecule has 3 N–H and O–H groups in total. The van der Waals surface area contributed by atoms with Crippen molar-refractivity contribution in [1.82, 2.24) is 10.9 Å². The second kappa shape index (κ2) is 13.9. The first-order chi connectivity index (χ1) is 19.9. The number of hydrazine groups is 1. The Kier molecular flexibility index (Phi) is 10.0. The average molecular weight is 566 g/mol. The van der Waals surface area contributed by atoms with Gasteiger partial charge in [-0.3, -0.25) is 10.2 Å². The Balaban J connectivity index is 1.58. The van der Waals surface area contributed by atoms with Crippen molar-refractivity contribution in [3.05, 3.63) is 108 Å². The van der Waals surface area contributed by atoms with Gasteiger partial charge in [0.2, 0.25) is 5.90 Å². The SMILES string of the molecule is C=CC[C@]1(C(=O)NNCCc2cc(F)cc(F)c2)N=C(c2ccc(OCCCO)cc2)O[C@H]1c1cccc(OC)c1. The molecular formula is C31H33F2N3O5. The number of carbonyl (C=O) groups excluding carboxylic acids is 1. The molecule has 4 rings (SSSR count). The van der Waals surface area contributed by atoms with Crippen molar-refractivity contribution in [2.45, 2.75) is 30.9 Å². The van der Waals surface area contributed by atoms with E-state index in [1.54, 1.807) is 55.7 Å². The zero-order valence-electron chi connectivity index (χ0n) is 22.7. The van der Waals surface area contributed by atoms with E-state index in [1.165, 1.54) is 12.1 Å². The minimum atomic E-state index is -1.42. The zero-order chi connectivity index (χ0) is 29.2. The number of benzene rings is 3. The quantitative estimate of drug-likeness (QED) is 0.152. The maximum atomic E-state index is 13.8. The van der Waals surface area contributed by atoms with Gasteiger partial charge in [0, 0.05) is 37.6 Å². The van der Waals surface area contributed by atoms with Crippen LogP contribution in [0.4, 0.5) is 8.78 Å². The molecule has 3 aromatic carbocycles. The molecule has 1 amide bonds. The van der Waals surface area contributed by atoms with Crippen molar-refractivity contribution in [2.75, 3.05) is 26.9 Å². The van der Waals surface area contributed by atoms with Gasteiger partial charge in [0.05, 0.1) is 13.7 Å². The molecule has 0 spiro atoms. The number of ether oxygens (including phenoxy) is 3. The van der Waals surface area contributed by atoms with Gasteiger partial charge < -0.3 is 19.3 Å². The van der Waals surface area contributed by atoms with E-state index in [0.29, 0.717) is 41.2 Å². The van der Waals surface area contributed by atoms with Crippen LogP contribution in [-0.4, -0.2) is 49.3 Å². The van der Waals surface area contributed by atoms with Crippen LogP contribution in [0.5, 0.6) is 11.5 Å². The second-order valence-corrected chi connectivity index (χ2v) is 9.47. The third kappa shape index (κ3) is 7.27. The summed E-state index contributed by atoms with van der Waals surface area (Å²) in [4.78, 5) is 18.6. The van der Waals surface area contributed by atoms with E-state index in [1.807, 2.05) is 6.07 Å². The van der Waals surface area contributed by atoms with Crippen molar-refractivity contribution >= 4 is 11.8 Å². The summed E-state index contributed by atoms with van der Waals surface area (Å²) in [6.07, 6.45) is 1.75. The Morgan fingerprint density at radius 2 is 1.88 bits per heavy atom. The lowest BCUT2D eigenvalue weighted by molar-refractivity contribution is -0.129. The van der Waals surface area contributed by atoms with E-state index in [-0.39, 0.29) is 31.9 Å². The van der Waals surface area contributed by atoms with Gasteiger partial charge in [0.15, 0.2) is 11.6 Å². The van der Waals surface area contributed by atoms with Gasteiger partial charge in [0.1, 0.15) is 23.1 Å². The lowest BCUT2D eigenvalue weighted by Gasteiger charge is -2.29. The molecule has 1 aliphatic rings. The standard InChI is InChI=1S/C31H33F2N3O5/c1-3-13-31(30(38)36-34-14-12-21-17-24(32)20-25(33)18-21)28(23-6-4-7-27(19-23)39-2)41-29(35-31)22-8-10-26(11-9-22)40-16-5-15-37/h3-4,6-11,17-20,28,34,37H,1,5,12-16H2,2H3,(H,36,38)/t28-,31-/m0/s1. The van der Waals surface area contributed by atoms with Crippen LogP contribution in [0.15, 0.2) is 84.4 Å². The number of carbonyl (C=O) groups is 1. The minimum absolute atomic E-state index is 0.0417. The Morgan fingerprint density at radius 3 is 2.56 bits per heavy atom. The monoisotopic (exact) mass is 565 g/mol. The van der Waals surface area contributed by atoms with Crippen LogP contribution < -0.4 is 20.3 Å². The van der Waals surface area contributed by atoms with Gasteiger partial charge in [-0.2, -0.15) is 0 Å². The number of amides is 1. The van der Waals surface area contributed by atoms with E-state index >= 15 is 0 Å². The molecule has 10 heteroatoms. The summed E-state index contributed by atoms with van der Waals surface area (Å²) < 4.78 is 44.5. The maximum absolute atomic E-state index is 13.8. The zero-order valence-corrected chi connectivity index (χ0v) is 22.7. The van der Waals surface area contributed by atoms with E-state index in [4.69, 9.17) is 24.3 Å². The van der Waals surface area contributed by atoms with Gasteiger partial charge in [-0.25, -0.2) is 19.2 Å². The third-order valence-electron chi connectivity index (χ3n) is 6.54. The average Bonchev–Trinajstić information content (AvgIpc) is 3.36. The summed E-state index contributed by atoms with van der Waals surface area (Å²) in [6, 6.07) is 17.6. The molecule has 0 aliphatic carbocycles. The molecule has 0 radical (unpaired) electrons. The predicted octanol–water partition coefficient (Wildman–Crippen LogP) is 4.43. The summed E-state index contributed by atoms with van der Waals surface area (Å²) in [7, 11) is 1.55. The number of aliphatic hydroxyl groups is 1. The number of hydrogen-bond donors (Lipinski definition) is 3. The van der Waals surface area contributed by atoms with Crippen molar-refractivity contribution in [1.29, 1.82) is 0 Å². The number of rotatable bonds is 14. The lowest BCUT2D eigenvalue weighted by Crippen LogP contribution is -2.52. The molecule has 0 unspecified atom stereocenters. The van der Waals surface area contributed by atoms with E-state index < -0.39 is 29.2 Å². The molecule has 216 valence electrons. The van der Waals surface area contributed by atoms with Gasteiger partial charge in [-0.05, 0) is 66.1 Å². The number of halogens is 2. The molecule has 0 bridgehead atoms. The van der Waals surface area contributed by atoms with E-state index in [9.17, 15) is 13.6 Å². The van der Waals surface area contributed by atoms with Crippen LogP contribution in [0, 0.1) is 11.6 Å². The molecular weight excluding hydrogens is 532 g/mol. The highest BCUT2D eigenvalue weighted by Gasteiger charge is 2.52. The number of aliphatic imine (C=N–C) groups is 1. The fourth-order valence-corrected chi connectivity index (χ4v) is 4.55. The number of aliphatic hydroxyl groups excluding tert-OH is 1. The molecule has 3 aromatic rings. The highest BCUT2D eigenvalue weighted by atomic mass is 19.1. The van der Waals surface area contributed by atoms with Gasteiger partial charge >= 0.3 is 0 Å². The second-order valence-electron chi connectivity index (χ2n) is 9.47. The van der Waals surface area contributed by atoms with Crippen molar-refractivity contribution in [2.24, 2.45) is 4.99 Å². The topological polar surface area (TPSA) is 101 Å². The van der Waals surface area contributed by atoms with Crippen LogP contribution in [0.2, 0.25) is 0 Å². The highest BCUT2D eigenvalue weighted by molar-refractivity contribution is 6.01. The largest absolute Gasteiger partial charge is 0.497 e. The van der Waals surface area contributed by atoms with Crippen molar-refractivity contribution in [3.63, 3.8) is 0 Å². The molecule has 0 saturated heterocycles.